The lowest BCUT2D eigenvalue weighted by molar-refractivity contribution is -0.214. The van der Waals surface area contributed by atoms with E-state index in [4.69, 9.17) is 9.47 Å². The van der Waals surface area contributed by atoms with E-state index in [1.54, 1.807) is 12.1 Å². The summed E-state index contributed by atoms with van der Waals surface area (Å²) in [6, 6.07) is 6.50. The zero-order chi connectivity index (χ0) is 18.4. The zero-order valence-corrected chi connectivity index (χ0v) is 15.5. The van der Waals surface area contributed by atoms with Crippen LogP contribution >= 0.6 is 0 Å². The van der Waals surface area contributed by atoms with Gasteiger partial charge in [-0.2, -0.15) is 8.78 Å². The smallest absolute Gasteiger partial charge is 0.387 e. The lowest BCUT2D eigenvalue weighted by atomic mass is 9.75. The summed E-state index contributed by atoms with van der Waals surface area (Å²) >= 11 is 0. The summed E-state index contributed by atoms with van der Waals surface area (Å²) in [5.41, 5.74) is 0.841. The zero-order valence-electron chi connectivity index (χ0n) is 15.5. The molecule has 0 amide bonds. The molecule has 0 spiro atoms. The van der Waals surface area contributed by atoms with Crippen molar-refractivity contribution in [3.63, 3.8) is 0 Å². The van der Waals surface area contributed by atoms with Crippen LogP contribution in [0.3, 0.4) is 0 Å². The number of hydrogen-bond acceptors (Lipinski definition) is 3. The second kappa shape index (κ2) is 9.65. The van der Waals surface area contributed by atoms with Gasteiger partial charge in [0.25, 0.3) is 0 Å². The molecule has 0 atom stereocenters. The van der Waals surface area contributed by atoms with Crippen LogP contribution < -0.4 is 4.74 Å². The van der Waals surface area contributed by atoms with Crippen LogP contribution in [0.4, 0.5) is 8.78 Å². The third-order valence-corrected chi connectivity index (χ3v) is 5.82. The fourth-order valence-electron chi connectivity index (χ4n) is 4.23. The first-order valence-corrected chi connectivity index (χ1v) is 9.93. The molecule has 3 nitrogen and oxygen atoms in total. The second-order valence-corrected chi connectivity index (χ2v) is 7.63. The van der Waals surface area contributed by atoms with Crippen molar-refractivity contribution < 1.29 is 23.0 Å². The van der Waals surface area contributed by atoms with Crippen molar-refractivity contribution in [1.82, 2.24) is 0 Å². The van der Waals surface area contributed by atoms with E-state index < -0.39 is 12.9 Å². The molecule has 0 aromatic heterocycles. The van der Waals surface area contributed by atoms with E-state index >= 15 is 0 Å². The summed E-state index contributed by atoms with van der Waals surface area (Å²) in [5, 5.41) is 0. The molecule has 0 radical (unpaired) electrons. The highest BCUT2D eigenvalue weighted by Gasteiger charge is 2.32. The molecule has 1 saturated heterocycles. The molecule has 146 valence electrons. The van der Waals surface area contributed by atoms with E-state index in [9.17, 15) is 8.78 Å². The van der Waals surface area contributed by atoms with Gasteiger partial charge in [0.2, 0.25) is 0 Å². The predicted octanol–water partition coefficient (Wildman–Crippen LogP) is 5.95. The first kappa shape index (κ1) is 19.6. The fourth-order valence-corrected chi connectivity index (χ4v) is 4.23. The Balaban J connectivity index is 1.43. The molecule has 1 aliphatic heterocycles. The monoisotopic (exact) mass is 368 g/mol. The quantitative estimate of drug-likeness (QED) is 0.595. The summed E-state index contributed by atoms with van der Waals surface area (Å²) in [6.45, 7) is 0.882. The van der Waals surface area contributed by atoms with Crippen LogP contribution in [0.25, 0.3) is 0 Å². The van der Waals surface area contributed by atoms with Gasteiger partial charge in [-0.3, -0.25) is 0 Å². The van der Waals surface area contributed by atoms with Crippen molar-refractivity contribution in [3.8, 4) is 5.75 Å². The van der Waals surface area contributed by atoms with Crippen molar-refractivity contribution in [2.45, 2.75) is 64.8 Å². The van der Waals surface area contributed by atoms with Crippen LogP contribution in [0.1, 0.15) is 63.7 Å². The maximum atomic E-state index is 12.2. The molecule has 0 unspecified atom stereocenters. The molecule has 1 aromatic carbocycles. The molecular weight excluding hydrogens is 338 g/mol. The summed E-state index contributed by atoms with van der Waals surface area (Å²) in [7, 11) is 0. The topological polar surface area (TPSA) is 27.7 Å². The van der Waals surface area contributed by atoms with Crippen LogP contribution in [-0.4, -0.2) is 19.8 Å². The van der Waals surface area contributed by atoms with Gasteiger partial charge in [0.1, 0.15) is 5.75 Å². The molecule has 2 aliphatic rings. The third-order valence-electron chi connectivity index (χ3n) is 5.82. The predicted molar refractivity (Wildman–Crippen MR) is 96.2 cm³/mol. The molecule has 5 heteroatoms. The molecular formula is C21H30F2O3. The van der Waals surface area contributed by atoms with Gasteiger partial charge in [0.05, 0.1) is 13.2 Å². The number of rotatable bonds is 7. The van der Waals surface area contributed by atoms with Crippen LogP contribution in [0.15, 0.2) is 24.3 Å². The highest BCUT2D eigenvalue weighted by atomic mass is 19.3. The molecule has 0 bridgehead atoms. The SMILES string of the molecule is CCCCC1CCC(C2COC(c3ccc(OC(F)F)cc3)OC2)CC1. The van der Waals surface area contributed by atoms with E-state index in [0.717, 1.165) is 11.5 Å². The Hall–Kier alpha value is -1.20. The van der Waals surface area contributed by atoms with E-state index in [1.165, 1.54) is 57.1 Å². The minimum Gasteiger partial charge on any atom is -0.435 e. The standard InChI is InChI=1S/C21H30F2O3/c1-2-3-4-15-5-7-16(8-6-15)18-13-24-20(25-14-18)17-9-11-19(12-10-17)26-21(22)23/h9-12,15-16,18,20-21H,2-8,13-14H2,1H3. The molecule has 1 saturated carbocycles. The highest BCUT2D eigenvalue weighted by Crippen LogP contribution is 2.38. The molecule has 1 aliphatic carbocycles. The van der Waals surface area contributed by atoms with Crippen molar-refractivity contribution in [2.75, 3.05) is 13.2 Å². The largest absolute Gasteiger partial charge is 0.435 e. The van der Waals surface area contributed by atoms with Crippen LogP contribution in [0.2, 0.25) is 0 Å². The Morgan fingerprint density at radius 3 is 2.23 bits per heavy atom. The van der Waals surface area contributed by atoms with E-state index in [-0.39, 0.29) is 5.75 Å². The van der Waals surface area contributed by atoms with Crippen molar-refractivity contribution in [3.05, 3.63) is 29.8 Å². The van der Waals surface area contributed by atoms with Crippen LogP contribution in [-0.2, 0) is 9.47 Å². The average molecular weight is 368 g/mol. The van der Waals surface area contributed by atoms with E-state index in [0.29, 0.717) is 25.0 Å². The van der Waals surface area contributed by atoms with Gasteiger partial charge in [-0.25, -0.2) is 0 Å². The van der Waals surface area contributed by atoms with Gasteiger partial charge < -0.3 is 14.2 Å². The second-order valence-electron chi connectivity index (χ2n) is 7.63. The molecule has 1 heterocycles. The molecule has 2 fully saturated rings. The summed E-state index contributed by atoms with van der Waals surface area (Å²) < 4.78 is 40.7. The normalized spacial score (nSPS) is 29.7. The van der Waals surface area contributed by atoms with Crippen molar-refractivity contribution >= 4 is 0 Å². The maximum absolute atomic E-state index is 12.2. The fraction of sp³-hybridized carbons (Fsp3) is 0.714. The van der Waals surface area contributed by atoms with Gasteiger partial charge in [-0.15, -0.1) is 0 Å². The number of halogens is 2. The lowest BCUT2D eigenvalue weighted by Gasteiger charge is -2.38. The van der Waals surface area contributed by atoms with Gasteiger partial charge in [0, 0.05) is 11.5 Å². The molecule has 3 rings (SSSR count). The maximum Gasteiger partial charge on any atom is 0.387 e. The van der Waals surface area contributed by atoms with E-state index in [2.05, 4.69) is 11.7 Å². The van der Waals surface area contributed by atoms with Crippen LogP contribution in [0.5, 0.6) is 5.75 Å². The highest BCUT2D eigenvalue weighted by molar-refractivity contribution is 5.28. The lowest BCUT2D eigenvalue weighted by Crippen LogP contribution is -2.34. The molecule has 1 aromatic rings. The van der Waals surface area contributed by atoms with Crippen molar-refractivity contribution in [1.29, 1.82) is 0 Å². The van der Waals surface area contributed by atoms with Crippen LogP contribution in [0, 0.1) is 17.8 Å². The minimum absolute atomic E-state index is 0.150. The Morgan fingerprint density at radius 1 is 1.00 bits per heavy atom. The number of ether oxygens (including phenoxy) is 3. The minimum atomic E-state index is -2.80. The number of benzene rings is 1. The molecule has 0 N–H and O–H groups in total. The third kappa shape index (κ3) is 5.40. The summed E-state index contributed by atoms with van der Waals surface area (Å²) in [6.07, 6.45) is 8.88. The number of unbranched alkanes of at least 4 members (excludes halogenated alkanes) is 1. The van der Waals surface area contributed by atoms with Crippen molar-refractivity contribution in [2.24, 2.45) is 17.8 Å². The van der Waals surface area contributed by atoms with E-state index in [1.807, 2.05) is 0 Å². The number of alkyl halides is 2. The average Bonchev–Trinajstić information content (AvgIpc) is 2.67. The number of hydrogen-bond donors (Lipinski definition) is 0. The Bertz CT molecular complexity index is 519. The summed E-state index contributed by atoms with van der Waals surface area (Å²) in [4.78, 5) is 0. The Labute approximate surface area is 155 Å². The van der Waals surface area contributed by atoms with Gasteiger partial charge in [-0.1, -0.05) is 51.2 Å². The Kier molecular flexibility index (Phi) is 7.26. The summed E-state index contributed by atoms with van der Waals surface area (Å²) in [5.74, 6) is 2.24. The van der Waals surface area contributed by atoms with Gasteiger partial charge >= 0.3 is 6.61 Å². The first-order valence-electron chi connectivity index (χ1n) is 9.93. The van der Waals surface area contributed by atoms with Gasteiger partial charge in [-0.05, 0) is 36.8 Å². The van der Waals surface area contributed by atoms with Gasteiger partial charge in [0.15, 0.2) is 6.29 Å². The Morgan fingerprint density at radius 2 is 1.65 bits per heavy atom. The molecule has 26 heavy (non-hydrogen) atoms. The first-order chi connectivity index (χ1) is 12.7.